The van der Waals surface area contributed by atoms with Crippen LogP contribution in [0, 0.1) is 10.7 Å². The second kappa shape index (κ2) is 8.20. The Balaban J connectivity index is 1.99. The topological polar surface area (TPSA) is 55.1 Å². The molecule has 3 N–H and O–H groups in total. The fourth-order valence-electron chi connectivity index (χ4n) is 1.59. The van der Waals surface area contributed by atoms with Gasteiger partial charge in [0.05, 0.1) is 11.4 Å². The molecule has 110 valence electrons. The Morgan fingerprint density at radius 3 is 2.43 bits per heavy atom. The van der Waals surface area contributed by atoms with E-state index in [0.29, 0.717) is 11.4 Å². The zero-order valence-corrected chi connectivity index (χ0v) is 18.0. The van der Waals surface area contributed by atoms with Gasteiger partial charge in [0.1, 0.15) is 0 Å². The highest BCUT2D eigenvalue weighted by Gasteiger charge is 2.10. The maximum absolute atomic E-state index is 12.1. The number of benzene rings is 2. The fraction of sp³-hybridized carbons (Fsp3) is 0.0714. The SMILES string of the molecule is Nc1cccc(SCC(=O)Nc2c(I)cc(I)cc2I)c1. The smallest absolute Gasteiger partial charge is 0.234 e. The van der Waals surface area contributed by atoms with E-state index in [9.17, 15) is 4.79 Å². The van der Waals surface area contributed by atoms with Crippen LogP contribution < -0.4 is 11.1 Å². The molecule has 1 amide bonds. The molecule has 7 heteroatoms. The lowest BCUT2D eigenvalue weighted by atomic mass is 10.3. The molecule has 0 fully saturated rings. The summed E-state index contributed by atoms with van der Waals surface area (Å²) in [5, 5.41) is 2.98. The maximum Gasteiger partial charge on any atom is 0.234 e. The van der Waals surface area contributed by atoms with Gasteiger partial charge in [-0.05, 0) is 98.1 Å². The zero-order valence-electron chi connectivity index (χ0n) is 10.7. The lowest BCUT2D eigenvalue weighted by Gasteiger charge is -2.10. The number of amides is 1. The summed E-state index contributed by atoms with van der Waals surface area (Å²) in [4.78, 5) is 13.1. The zero-order chi connectivity index (χ0) is 15.4. The molecule has 0 atom stereocenters. The van der Waals surface area contributed by atoms with Crippen molar-refractivity contribution in [1.29, 1.82) is 0 Å². The van der Waals surface area contributed by atoms with E-state index in [0.717, 1.165) is 21.3 Å². The minimum atomic E-state index is -0.0144. The van der Waals surface area contributed by atoms with Gasteiger partial charge in [0.2, 0.25) is 5.91 Å². The first-order valence-corrected chi connectivity index (χ1v) is 10.1. The van der Waals surface area contributed by atoms with E-state index < -0.39 is 0 Å². The van der Waals surface area contributed by atoms with E-state index >= 15 is 0 Å². The fourth-order valence-corrected chi connectivity index (χ4v) is 6.21. The average molecular weight is 636 g/mol. The molecular weight excluding hydrogens is 625 g/mol. The van der Waals surface area contributed by atoms with Gasteiger partial charge in [-0.2, -0.15) is 0 Å². The highest BCUT2D eigenvalue weighted by Crippen LogP contribution is 2.28. The number of thioether (sulfide) groups is 1. The van der Waals surface area contributed by atoms with Gasteiger partial charge >= 0.3 is 0 Å². The van der Waals surface area contributed by atoms with Crippen molar-refractivity contribution in [3.63, 3.8) is 0 Å². The number of halogens is 3. The van der Waals surface area contributed by atoms with E-state index in [4.69, 9.17) is 5.73 Å². The average Bonchev–Trinajstić information content (AvgIpc) is 2.40. The van der Waals surface area contributed by atoms with E-state index in [2.05, 4.69) is 73.1 Å². The Kier molecular flexibility index (Phi) is 6.87. The standard InChI is InChI=1S/C14H11I3N2OS/c15-8-4-11(16)14(12(17)5-8)19-13(20)7-21-10-3-1-2-9(18)6-10/h1-6H,7,18H2,(H,19,20). The number of carbonyl (C=O) groups excluding carboxylic acids is 1. The monoisotopic (exact) mass is 636 g/mol. The molecule has 0 heterocycles. The lowest BCUT2D eigenvalue weighted by Crippen LogP contribution is -2.16. The normalized spacial score (nSPS) is 10.4. The molecule has 21 heavy (non-hydrogen) atoms. The maximum atomic E-state index is 12.1. The first kappa shape index (κ1) is 17.6. The van der Waals surface area contributed by atoms with Crippen molar-refractivity contribution in [2.24, 2.45) is 0 Å². The van der Waals surface area contributed by atoms with Gasteiger partial charge in [-0.25, -0.2) is 0 Å². The Morgan fingerprint density at radius 1 is 1.14 bits per heavy atom. The molecule has 0 saturated heterocycles. The molecule has 2 rings (SSSR count). The van der Waals surface area contributed by atoms with Gasteiger partial charge in [0, 0.05) is 21.3 Å². The molecule has 0 bridgehead atoms. The number of carbonyl (C=O) groups is 1. The van der Waals surface area contributed by atoms with Gasteiger partial charge < -0.3 is 11.1 Å². The molecular formula is C14H11I3N2OS. The van der Waals surface area contributed by atoms with Gasteiger partial charge in [-0.15, -0.1) is 11.8 Å². The van der Waals surface area contributed by atoms with Crippen molar-refractivity contribution in [3.05, 3.63) is 47.1 Å². The largest absolute Gasteiger partial charge is 0.399 e. The van der Waals surface area contributed by atoms with Crippen LogP contribution in [0.25, 0.3) is 0 Å². The molecule has 3 nitrogen and oxygen atoms in total. The third-order valence-electron chi connectivity index (χ3n) is 2.50. The van der Waals surface area contributed by atoms with Gasteiger partial charge in [-0.3, -0.25) is 4.79 Å². The summed E-state index contributed by atoms with van der Waals surface area (Å²) >= 11 is 8.23. The lowest BCUT2D eigenvalue weighted by molar-refractivity contribution is -0.113. The summed E-state index contributed by atoms with van der Waals surface area (Å²) in [6.45, 7) is 0. The number of hydrogen-bond donors (Lipinski definition) is 2. The second-order valence-electron chi connectivity index (χ2n) is 4.15. The van der Waals surface area contributed by atoms with Crippen molar-refractivity contribution in [2.75, 3.05) is 16.8 Å². The molecule has 0 aliphatic carbocycles. The second-order valence-corrected chi connectivity index (χ2v) is 8.77. The number of anilines is 2. The van der Waals surface area contributed by atoms with Crippen LogP contribution in [-0.4, -0.2) is 11.7 Å². The first-order valence-electron chi connectivity index (χ1n) is 5.88. The van der Waals surface area contributed by atoms with Crippen LogP contribution in [0.15, 0.2) is 41.3 Å². The van der Waals surface area contributed by atoms with Crippen molar-refractivity contribution in [2.45, 2.75) is 4.90 Å². The Bertz CT molecular complexity index is 656. The van der Waals surface area contributed by atoms with Crippen LogP contribution in [0.2, 0.25) is 0 Å². The molecule has 0 aliphatic heterocycles. The van der Waals surface area contributed by atoms with Crippen molar-refractivity contribution in [3.8, 4) is 0 Å². The van der Waals surface area contributed by atoms with Gasteiger partial charge in [0.15, 0.2) is 0 Å². The quantitative estimate of drug-likeness (QED) is 0.288. The number of nitrogens with two attached hydrogens (primary N) is 1. The molecule has 0 spiro atoms. The van der Waals surface area contributed by atoms with E-state index in [1.807, 2.05) is 36.4 Å². The van der Waals surface area contributed by atoms with E-state index in [1.165, 1.54) is 11.8 Å². The Morgan fingerprint density at radius 2 is 1.81 bits per heavy atom. The summed E-state index contributed by atoms with van der Waals surface area (Å²) in [7, 11) is 0. The molecule has 2 aromatic carbocycles. The van der Waals surface area contributed by atoms with E-state index in [1.54, 1.807) is 0 Å². The summed E-state index contributed by atoms with van der Waals surface area (Å²) in [6, 6.07) is 11.6. The Labute approximate surface area is 168 Å². The Hall–Kier alpha value is 0.250. The van der Waals surface area contributed by atoms with Crippen molar-refractivity contribution >= 4 is 96.8 Å². The van der Waals surface area contributed by atoms with Gasteiger partial charge in [-0.1, -0.05) is 6.07 Å². The highest BCUT2D eigenvalue weighted by atomic mass is 127. The third-order valence-corrected chi connectivity index (χ3v) is 5.82. The minimum absolute atomic E-state index is 0.0144. The molecule has 0 saturated carbocycles. The molecule has 0 aliphatic rings. The first-order chi connectivity index (χ1) is 9.95. The van der Waals surface area contributed by atoms with E-state index in [-0.39, 0.29) is 5.91 Å². The van der Waals surface area contributed by atoms with Crippen LogP contribution in [0.3, 0.4) is 0 Å². The molecule has 2 aromatic rings. The number of hydrogen-bond acceptors (Lipinski definition) is 3. The minimum Gasteiger partial charge on any atom is -0.399 e. The van der Waals surface area contributed by atoms with Crippen LogP contribution in [0.4, 0.5) is 11.4 Å². The van der Waals surface area contributed by atoms with Gasteiger partial charge in [0.25, 0.3) is 0 Å². The summed E-state index contributed by atoms with van der Waals surface area (Å²) in [6.07, 6.45) is 0. The summed E-state index contributed by atoms with van der Waals surface area (Å²) in [5.74, 6) is 0.348. The number of nitrogen functional groups attached to an aromatic ring is 1. The van der Waals surface area contributed by atoms with Crippen LogP contribution in [0.1, 0.15) is 0 Å². The van der Waals surface area contributed by atoms with Crippen molar-refractivity contribution < 1.29 is 4.79 Å². The third kappa shape index (κ3) is 5.43. The van der Waals surface area contributed by atoms with Crippen LogP contribution in [0.5, 0.6) is 0 Å². The summed E-state index contributed by atoms with van der Waals surface area (Å²) < 4.78 is 3.26. The van der Waals surface area contributed by atoms with Crippen LogP contribution >= 0.6 is 79.5 Å². The molecule has 0 radical (unpaired) electrons. The summed E-state index contributed by atoms with van der Waals surface area (Å²) in [5.41, 5.74) is 7.32. The number of rotatable bonds is 4. The molecule has 0 aromatic heterocycles. The predicted octanol–water partition coefficient (Wildman–Crippen LogP) is 4.81. The molecule has 0 unspecified atom stereocenters. The highest BCUT2D eigenvalue weighted by molar-refractivity contribution is 14.1. The number of nitrogens with one attached hydrogen (secondary N) is 1. The van der Waals surface area contributed by atoms with Crippen LogP contribution in [-0.2, 0) is 4.79 Å². The predicted molar refractivity (Wildman–Crippen MR) is 115 cm³/mol. The van der Waals surface area contributed by atoms with Crippen molar-refractivity contribution in [1.82, 2.24) is 0 Å².